The highest BCUT2D eigenvalue weighted by Gasteiger charge is 2.42. The van der Waals surface area contributed by atoms with E-state index in [1.54, 1.807) is 9.80 Å². The van der Waals surface area contributed by atoms with Crippen molar-refractivity contribution >= 4 is 131 Å². The molecule has 0 radical (unpaired) electrons. The Morgan fingerprint density at radius 1 is 0.260 bits per heavy atom. The largest absolute Gasteiger partial charge is 0.493 e. The third-order valence-electron chi connectivity index (χ3n) is 23.7. The van der Waals surface area contributed by atoms with E-state index in [9.17, 15) is 0 Å². The van der Waals surface area contributed by atoms with Gasteiger partial charge in [0.25, 0.3) is 23.6 Å². The van der Waals surface area contributed by atoms with Crippen LogP contribution in [0.15, 0.2) is 72.8 Å². The number of hydrogen-bond acceptors (Lipinski definition) is 6. The molecule has 13 rings (SSSR count). The number of amides is 4. The van der Waals surface area contributed by atoms with Crippen LogP contribution < -0.4 is 9.47 Å². The van der Waals surface area contributed by atoms with E-state index in [0.717, 1.165) is 220 Å². The van der Waals surface area contributed by atoms with Crippen molar-refractivity contribution < 1.29 is 28.7 Å². The molecule has 2 heterocycles. The van der Waals surface area contributed by atoms with Crippen LogP contribution in [0, 0.1) is 13.8 Å². The second kappa shape index (κ2) is 32.3. The van der Waals surface area contributed by atoms with Crippen LogP contribution >= 0.6 is 0 Å². The van der Waals surface area contributed by atoms with Gasteiger partial charge in [-0.05, 0) is 169 Å². The fraction of sp³-hybridized carbons (Fsp3) is 0.522. The van der Waals surface area contributed by atoms with Crippen LogP contribution in [-0.4, -0.2) is 58.7 Å². The van der Waals surface area contributed by atoms with E-state index in [2.05, 4.69) is 116 Å². The Morgan fingerprint density at radius 3 is 0.810 bits per heavy atom. The van der Waals surface area contributed by atoms with Crippen LogP contribution in [-0.2, 0) is 0 Å². The zero-order valence-corrected chi connectivity index (χ0v) is 62.3. The van der Waals surface area contributed by atoms with Crippen LogP contribution in [0.5, 0.6) is 11.5 Å². The summed E-state index contributed by atoms with van der Waals surface area (Å²) in [7, 11) is 0. The Kier molecular flexibility index (Phi) is 23.0. The first kappa shape index (κ1) is 71.1. The molecule has 0 N–H and O–H groups in total. The Hall–Kier alpha value is -7.32. The van der Waals surface area contributed by atoms with Gasteiger partial charge in [-0.25, -0.2) is 0 Å². The normalized spacial score (nSPS) is 13.7. The maximum Gasteiger partial charge on any atom is 0.261 e. The third-order valence-corrected chi connectivity index (χ3v) is 23.7. The summed E-state index contributed by atoms with van der Waals surface area (Å²) in [6, 6.07) is 26.6. The SMILES string of the molecule is CCCCCCCCOc1cc2c3c(cc(OCCCCCCCC)c4c5ccc6c7ccc8c9c(C)cc%10c%11c(cc(C)c(c%12ccc(c%13ccc(c1c34)c5c%136)c7c%128)c%119)C(=O)N(C(CCCCCCC)CCCCCCC)C%10=O)C(=O)N(C(CCCCCCC)CCCCCCC)C2=O. The average molecular weight is 1340 g/mol. The van der Waals surface area contributed by atoms with Crippen molar-refractivity contribution in [3.05, 3.63) is 106 Å². The Bertz CT molecular complexity index is 4470. The number of fused-ring (bicyclic) bond motifs is 6. The first-order chi connectivity index (χ1) is 49.0. The highest BCUT2D eigenvalue weighted by molar-refractivity contribution is 6.48. The molecule has 8 heteroatoms. The first-order valence-corrected chi connectivity index (χ1v) is 40.5. The van der Waals surface area contributed by atoms with Gasteiger partial charge in [0.05, 0.1) is 24.3 Å². The Morgan fingerprint density at radius 2 is 0.500 bits per heavy atom. The van der Waals surface area contributed by atoms with Gasteiger partial charge >= 0.3 is 0 Å². The zero-order chi connectivity index (χ0) is 69.6. The third kappa shape index (κ3) is 13.2. The minimum atomic E-state index is -0.203. The van der Waals surface area contributed by atoms with E-state index in [1.165, 1.54) is 130 Å². The molecule has 0 atom stereocenters. The number of aryl methyl sites for hydroxylation is 2. The molecule has 0 aromatic heterocycles. The second-order valence-electron chi connectivity index (χ2n) is 30.8. The van der Waals surface area contributed by atoms with Crippen molar-refractivity contribution in [3.8, 4) is 11.5 Å². The maximum absolute atomic E-state index is 15.9. The molecule has 8 nitrogen and oxygen atoms in total. The molecule has 2 aliphatic heterocycles. The predicted molar refractivity (Wildman–Crippen MR) is 424 cm³/mol. The van der Waals surface area contributed by atoms with Crippen LogP contribution in [0.2, 0.25) is 0 Å². The number of hydrogen-bond donors (Lipinski definition) is 0. The summed E-state index contributed by atoms with van der Waals surface area (Å²) in [5, 5.41) is 21.3. The molecule has 0 spiro atoms. The molecular weight excluding hydrogens is 1230 g/mol. The number of carbonyl (C=O) groups excluding carboxylic acids is 4. The van der Waals surface area contributed by atoms with Crippen LogP contribution in [0.1, 0.15) is 325 Å². The first-order valence-electron chi connectivity index (χ1n) is 40.5. The molecule has 0 unspecified atom stereocenters. The van der Waals surface area contributed by atoms with Crippen LogP contribution in [0.3, 0.4) is 0 Å². The molecule has 0 fully saturated rings. The lowest BCUT2D eigenvalue weighted by Gasteiger charge is -2.35. The molecule has 11 aromatic rings. The lowest BCUT2D eigenvalue weighted by molar-refractivity contribution is 0.0501. The molecule has 0 bridgehead atoms. The molecule has 0 saturated carbocycles. The van der Waals surface area contributed by atoms with Gasteiger partial charge in [0.2, 0.25) is 0 Å². The van der Waals surface area contributed by atoms with Crippen LogP contribution in [0.4, 0.5) is 0 Å². The van der Waals surface area contributed by atoms with E-state index in [0.29, 0.717) is 47.0 Å². The van der Waals surface area contributed by atoms with E-state index in [1.807, 2.05) is 12.1 Å². The molecule has 528 valence electrons. The van der Waals surface area contributed by atoms with Crippen molar-refractivity contribution in [2.45, 2.75) is 299 Å². The van der Waals surface area contributed by atoms with E-state index in [-0.39, 0.29) is 35.7 Å². The van der Waals surface area contributed by atoms with E-state index >= 15 is 19.2 Å². The lowest BCUT2D eigenvalue weighted by atomic mass is 9.78. The highest BCUT2D eigenvalue weighted by Crippen LogP contribution is 2.56. The number of carbonyl (C=O) groups is 4. The van der Waals surface area contributed by atoms with Gasteiger partial charge in [0.15, 0.2) is 0 Å². The average Bonchev–Trinajstić information content (AvgIpc) is 0.678. The van der Waals surface area contributed by atoms with Crippen molar-refractivity contribution in [1.29, 1.82) is 0 Å². The minimum Gasteiger partial charge on any atom is -0.493 e. The quantitative estimate of drug-likeness (QED) is 0.0164. The highest BCUT2D eigenvalue weighted by atomic mass is 16.5. The van der Waals surface area contributed by atoms with Gasteiger partial charge < -0.3 is 9.47 Å². The van der Waals surface area contributed by atoms with Crippen molar-refractivity contribution in [2.24, 2.45) is 0 Å². The topological polar surface area (TPSA) is 93.2 Å². The van der Waals surface area contributed by atoms with Crippen molar-refractivity contribution in [1.82, 2.24) is 9.80 Å². The molecule has 0 aliphatic carbocycles. The summed E-state index contributed by atoms with van der Waals surface area (Å²) in [6.45, 7) is 18.9. The number of imide groups is 2. The minimum absolute atomic E-state index is 0.130. The fourth-order valence-electron chi connectivity index (χ4n) is 18.6. The number of unbranched alkanes of at least 4 members (excludes halogenated alkanes) is 26. The van der Waals surface area contributed by atoms with Crippen molar-refractivity contribution in [2.75, 3.05) is 13.2 Å². The summed E-state index contributed by atoms with van der Waals surface area (Å²) in [5.41, 5.74) is 4.54. The number of benzene rings is 11. The summed E-state index contributed by atoms with van der Waals surface area (Å²) < 4.78 is 14.5. The van der Waals surface area contributed by atoms with Gasteiger partial charge in [-0.1, -0.05) is 283 Å². The maximum atomic E-state index is 15.9. The summed E-state index contributed by atoms with van der Waals surface area (Å²) in [4.78, 5) is 65.9. The fourth-order valence-corrected chi connectivity index (χ4v) is 18.6. The molecule has 2 aliphatic rings. The molecule has 0 saturated heterocycles. The number of rotatable bonds is 42. The molecule has 11 aromatic carbocycles. The molecule has 4 amide bonds. The van der Waals surface area contributed by atoms with Crippen molar-refractivity contribution in [3.63, 3.8) is 0 Å². The number of nitrogens with zero attached hydrogens (tertiary/aromatic N) is 2. The Labute approximate surface area is 596 Å². The summed E-state index contributed by atoms with van der Waals surface area (Å²) >= 11 is 0. The standard InChI is InChI=1S/C92H114N2O6/c1-9-15-21-27-33-39-53-99-75-57-73-84-74(92(98)94(91(73)97)62(43-37-31-25-19-13-5)44-38-32-26-20-14-6)58-76(100-54-40-34-28-22-16-10-2)86-70-52-48-66-64-46-50-68-78-60(8)56-72-83-71(89(95)93(90(72)96)61(41-35-29-23-17-11-3)42-36-30-24-18-12-4)55-59(7)77(87(78)83)67-49-45-63(79(64)81(67)68)65-47-51-69(82(70)80(65)66)85(75)88(84)86/h45-52,55-58,61-62H,9-44,53-54H2,1-8H3. The smallest absolute Gasteiger partial charge is 0.261 e. The zero-order valence-electron chi connectivity index (χ0n) is 62.3. The van der Waals surface area contributed by atoms with E-state index in [4.69, 9.17) is 9.47 Å². The number of ether oxygens (including phenoxy) is 2. The van der Waals surface area contributed by atoms with Crippen LogP contribution in [0.25, 0.3) is 108 Å². The lowest BCUT2D eigenvalue weighted by Crippen LogP contribution is -2.47. The molecule has 100 heavy (non-hydrogen) atoms. The van der Waals surface area contributed by atoms with Gasteiger partial charge in [0.1, 0.15) is 11.5 Å². The van der Waals surface area contributed by atoms with Gasteiger partial charge in [-0.2, -0.15) is 0 Å². The predicted octanol–water partition coefficient (Wildman–Crippen LogP) is 27.0. The summed E-state index contributed by atoms with van der Waals surface area (Å²) in [5.74, 6) is 0.734. The van der Waals surface area contributed by atoms with Gasteiger partial charge in [-0.3, -0.25) is 29.0 Å². The van der Waals surface area contributed by atoms with Gasteiger partial charge in [0, 0.05) is 50.1 Å². The van der Waals surface area contributed by atoms with E-state index < -0.39 is 0 Å². The Balaban J connectivity index is 0.995. The monoisotopic (exact) mass is 1340 g/mol. The van der Waals surface area contributed by atoms with Gasteiger partial charge in [-0.15, -0.1) is 0 Å². The summed E-state index contributed by atoms with van der Waals surface area (Å²) in [6.07, 6.45) is 39.5. The molecular formula is C92H114N2O6. The second-order valence-corrected chi connectivity index (χ2v) is 30.8.